The monoisotopic (exact) mass is 304 g/mol. The van der Waals surface area contributed by atoms with E-state index in [1.165, 1.54) is 19.1 Å². The normalized spacial score (nSPS) is 14.3. The molecule has 94 valence electrons. The van der Waals surface area contributed by atoms with Crippen molar-refractivity contribution in [2.75, 3.05) is 0 Å². The van der Waals surface area contributed by atoms with E-state index in [9.17, 15) is 15.0 Å². The molecular weight excluding hydrogens is 292 g/mol. The van der Waals surface area contributed by atoms with Crippen molar-refractivity contribution in [2.24, 2.45) is 5.84 Å². The van der Waals surface area contributed by atoms with Gasteiger partial charge in [0.25, 0.3) is 0 Å². The van der Waals surface area contributed by atoms with Crippen molar-refractivity contribution in [1.82, 2.24) is 5.43 Å². The molecule has 1 rings (SSSR count). The average molecular weight is 305 g/mol. The summed E-state index contributed by atoms with van der Waals surface area (Å²) >= 11 is 3.05. The van der Waals surface area contributed by atoms with Crippen molar-refractivity contribution in [3.63, 3.8) is 0 Å². The van der Waals surface area contributed by atoms with Crippen LogP contribution in [0.5, 0.6) is 11.5 Å². The molecule has 7 heteroatoms. The van der Waals surface area contributed by atoms with E-state index < -0.39 is 11.5 Å². The van der Waals surface area contributed by atoms with Gasteiger partial charge in [0.05, 0.1) is 4.47 Å². The Balaban J connectivity index is 3.07. The number of aromatic hydroxyl groups is 2. The highest BCUT2D eigenvalue weighted by atomic mass is 79.9. The Labute approximate surface area is 106 Å². The first kappa shape index (κ1) is 13.8. The van der Waals surface area contributed by atoms with Crippen LogP contribution in [0.2, 0.25) is 0 Å². The van der Waals surface area contributed by atoms with E-state index in [4.69, 9.17) is 10.9 Å². The Morgan fingerprint density at radius 1 is 1.53 bits per heavy atom. The molecule has 0 saturated heterocycles. The lowest BCUT2D eigenvalue weighted by atomic mass is 9.93. The molecule has 0 aliphatic rings. The van der Waals surface area contributed by atoms with Gasteiger partial charge in [-0.3, -0.25) is 10.6 Å². The standard InChI is InChI=1S/C10H13BrN2O4/c1-10(13-12,9(16)17)4-5-2-6(11)8(15)7(14)3-5/h2-3,13-15H,4,12H2,1H3,(H,16,17). The number of hydrazine groups is 1. The Morgan fingerprint density at radius 2 is 2.12 bits per heavy atom. The Morgan fingerprint density at radius 3 is 2.53 bits per heavy atom. The molecule has 0 saturated carbocycles. The van der Waals surface area contributed by atoms with E-state index in [-0.39, 0.29) is 22.4 Å². The number of phenolic OH excluding ortho intramolecular Hbond substituents is 2. The maximum absolute atomic E-state index is 11.0. The van der Waals surface area contributed by atoms with Gasteiger partial charge in [-0.1, -0.05) is 0 Å². The second-order valence-electron chi connectivity index (χ2n) is 3.90. The molecule has 1 aromatic rings. The minimum atomic E-state index is -1.34. The van der Waals surface area contributed by atoms with Crippen molar-refractivity contribution in [2.45, 2.75) is 18.9 Å². The first-order valence-electron chi connectivity index (χ1n) is 4.71. The fraction of sp³-hybridized carbons (Fsp3) is 0.300. The number of carboxylic acids is 1. The second-order valence-corrected chi connectivity index (χ2v) is 4.76. The van der Waals surface area contributed by atoms with Gasteiger partial charge in [0.15, 0.2) is 11.5 Å². The summed E-state index contributed by atoms with van der Waals surface area (Å²) in [6.45, 7) is 1.42. The van der Waals surface area contributed by atoms with Crippen LogP contribution in [0.15, 0.2) is 16.6 Å². The first-order chi connectivity index (χ1) is 7.80. The highest BCUT2D eigenvalue weighted by Crippen LogP contribution is 2.35. The molecule has 0 aliphatic carbocycles. The zero-order chi connectivity index (χ0) is 13.2. The lowest BCUT2D eigenvalue weighted by Crippen LogP contribution is -2.54. The Hall–Kier alpha value is -1.31. The van der Waals surface area contributed by atoms with Crippen LogP contribution in [0.3, 0.4) is 0 Å². The molecule has 6 N–H and O–H groups in total. The number of halogens is 1. The van der Waals surface area contributed by atoms with Crippen molar-refractivity contribution in [3.05, 3.63) is 22.2 Å². The van der Waals surface area contributed by atoms with E-state index in [0.29, 0.717) is 5.56 Å². The highest BCUT2D eigenvalue weighted by Gasteiger charge is 2.32. The predicted octanol–water partition coefficient (Wildman–Crippen LogP) is 0.709. The van der Waals surface area contributed by atoms with Crippen molar-refractivity contribution >= 4 is 21.9 Å². The summed E-state index contributed by atoms with van der Waals surface area (Å²) in [5, 5.41) is 27.8. The number of carbonyl (C=O) groups is 1. The molecule has 1 aromatic carbocycles. The molecule has 0 aromatic heterocycles. The van der Waals surface area contributed by atoms with Gasteiger partial charge >= 0.3 is 5.97 Å². The maximum Gasteiger partial charge on any atom is 0.325 e. The number of nitrogens with two attached hydrogens (primary N) is 1. The van der Waals surface area contributed by atoms with Crippen LogP contribution in [0.25, 0.3) is 0 Å². The number of carboxylic acid groups (broad SMARTS) is 1. The molecular formula is C10H13BrN2O4. The molecule has 6 nitrogen and oxygen atoms in total. The Kier molecular flexibility index (Phi) is 3.97. The molecule has 0 heterocycles. The minimum absolute atomic E-state index is 0.0608. The number of hydrogen-bond donors (Lipinski definition) is 5. The van der Waals surface area contributed by atoms with Crippen LogP contribution in [0.1, 0.15) is 12.5 Å². The molecule has 1 atom stereocenters. The van der Waals surface area contributed by atoms with Crippen molar-refractivity contribution < 1.29 is 20.1 Å². The molecule has 0 bridgehead atoms. The first-order valence-corrected chi connectivity index (χ1v) is 5.51. The highest BCUT2D eigenvalue weighted by molar-refractivity contribution is 9.10. The number of rotatable bonds is 4. The van der Waals surface area contributed by atoms with Gasteiger partial charge in [-0.25, -0.2) is 5.43 Å². The smallest absolute Gasteiger partial charge is 0.325 e. The van der Waals surface area contributed by atoms with Crippen LogP contribution in [0.4, 0.5) is 0 Å². The lowest BCUT2D eigenvalue weighted by molar-refractivity contribution is -0.144. The average Bonchev–Trinajstić information content (AvgIpc) is 2.25. The number of phenols is 2. The lowest BCUT2D eigenvalue weighted by Gasteiger charge is -2.23. The third kappa shape index (κ3) is 2.87. The van der Waals surface area contributed by atoms with Crippen molar-refractivity contribution in [3.8, 4) is 11.5 Å². The van der Waals surface area contributed by atoms with Gasteiger partial charge in [-0.05, 0) is 40.5 Å². The van der Waals surface area contributed by atoms with Crippen LogP contribution < -0.4 is 11.3 Å². The van der Waals surface area contributed by atoms with Crippen LogP contribution in [0, 0.1) is 0 Å². The second kappa shape index (κ2) is 4.91. The Bertz CT molecular complexity index is 429. The predicted molar refractivity (Wildman–Crippen MR) is 64.5 cm³/mol. The van der Waals surface area contributed by atoms with Crippen LogP contribution in [-0.4, -0.2) is 26.8 Å². The van der Waals surface area contributed by atoms with Crippen LogP contribution in [-0.2, 0) is 11.2 Å². The summed E-state index contributed by atoms with van der Waals surface area (Å²) < 4.78 is 0.289. The number of nitrogens with one attached hydrogen (secondary N) is 1. The molecule has 0 radical (unpaired) electrons. The van der Waals surface area contributed by atoms with Gasteiger partial charge in [-0.2, -0.15) is 0 Å². The summed E-state index contributed by atoms with van der Waals surface area (Å²) in [5.41, 5.74) is 1.40. The topological polar surface area (TPSA) is 116 Å². The fourth-order valence-electron chi connectivity index (χ4n) is 1.34. The fourth-order valence-corrected chi connectivity index (χ4v) is 1.83. The zero-order valence-corrected chi connectivity index (χ0v) is 10.7. The van der Waals surface area contributed by atoms with Gasteiger partial charge < -0.3 is 15.3 Å². The van der Waals surface area contributed by atoms with E-state index in [2.05, 4.69) is 21.4 Å². The minimum Gasteiger partial charge on any atom is -0.504 e. The third-order valence-corrected chi connectivity index (χ3v) is 3.06. The van der Waals surface area contributed by atoms with E-state index in [1.807, 2.05) is 0 Å². The van der Waals surface area contributed by atoms with Gasteiger partial charge in [-0.15, -0.1) is 0 Å². The molecule has 0 fully saturated rings. The summed E-state index contributed by atoms with van der Waals surface area (Å²) in [7, 11) is 0. The number of aliphatic carboxylic acids is 1. The molecule has 0 amide bonds. The summed E-state index contributed by atoms with van der Waals surface area (Å²) in [4.78, 5) is 11.0. The van der Waals surface area contributed by atoms with E-state index in [1.54, 1.807) is 0 Å². The molecule has 0 aliphatic heterocycles. The van der Waals surface area contributed by atoms with E-state index >= 15 is 0 Å². The zero-order valence-electron chi connectivity index (χ0n) is 9.07. The van der Waals surface area contributed by atoms with E-state index in [0.717, 1.165) is 0 Å². The number of benzene rings is 1. The van der Waals surface area contributed by atoms with Gasteiger partial charge in [0.1, 0.15) is 5.54 Å². The SMILES string of the molecule is CC(Cc1cc(O)c(O)c(Br)c1)(NN)C(=O)O. The summed E-state index contributed by atoms with van der Waals surface area (Å²) in [5.74, 6) is 3.49. The van der Waals surface area contributed by atoms with Gasteiger partial charge in [0.2, 0.25) is 0 Å². The van der Waals surface area contributed by atoms with Gasteiger partial charge in [0, 0.05) is 6.42 Å². The number of hydrogen-bond acceptors (Lipinski definition) is 5. The van der Waals surface area contributed by atoms with Crippen LogP contribution >= 0.6 is 15.9 Å². The molecule has 1 unspecified atom stereocenters. The van der Waals surface area contributed by atoms with Crippen molar-refractivity contribution in [1.29, 1.82) is 0 Å². The maximum atomic E-state index is 11.0. The summed E-state index contributed by atoms with van der Waals surface area (Å²) in [6.07, 6.45) is 0.0608. The quantitative estimate of drug-likeness (QED) is 0.318. The largest absolute Gasteiger partial charge is 0.504 e. The summed E-state index contributed by atoms with van der Waals surface area (Å²) in [6, 6.07) is 2.81. The molecule has 0 spiro atoms. The third-order valence-electron chi connectivity index (χ3n) is 2.45. The molecule has 17 heavy (non-hydrogen) atoms.